The summed E-state index contributed by atoms with van der Waals surface area (Å²) in [5.74, 6) is 0.960. The summed E-state index contributed by atoms with van der Waals surface area (Å²) in [4.78, 5) is 10.4. The molecule has 2 unspecified atom stereocenters. The lowest BCUT2D eigenvalue weighted by atomic mass is 9.93. The number of carbonyl (C=O) groups excluding carboxylic acids is 1. The minimum absolute atomic E-state index is 0.0947. The van der Waals surface area contributed by atoms with E-state index in [4.69, 9.17) is 22.1 Å². The van der Waals surface area contributed by atoms with Crippen LogP contribution in [-0.4, -0.2) is 18.3 Å². The number of hydrazone groups is 1. The van der Waals surface area contributed by atoms with Crippen molar-refractivity contribution in [2.75, 3.05) is 0 Å². The van der Waals surface area contributed by atoms with E-state index in [9.17, 15) is 4.79 Å². The number of halogens is 1. The number of urea groups is 1. The van der Waals surface area contributed by atoms with Gasteiger partial charge >= 0.3 is 6.03 Å². The number of allylic oxidation sites excluding steroid dienone is 4. The highest BCUT2D eigenvalue weighted by Gasteiger charge is 2.25. The van der Waals surface area contributed by atoms with Crippen molar-refractivity contribution < 1.29 is 9.53 Å². The lowest BCUT2D eigenvalue weighted by Crippen LogP contribution is -2.24. The summed E-state index contributed by atoms with van der Waals surface area (Å²) in [5, 5.41) is 4.42. The lowest BCUT2D eigenvalue weighted by molar-refractivity contribution is 0.119. The molecular weight excluding hydrogens is 254 g/mol. The van der Waals surface area contributed by atoms with Crippen molar-refractivity contribution in [3.8, 4) is 0 Å². The second-order valence-corrected chi connectivity index (χ2v) is 4.52. The number of rotatable bonds is 3. The predicted molar refractivity (Wildman–Crippen MR) is 70.0 cm³/mol. The van der Waals surface area contributed by atoms with E-state index in [1.807, 2.05) is 18.2 Å². The van der Waals surface area contributed by atoms with Crippen molar-refractivity contribution in [3.63, 3.8) is 0 Å². The molecule has 0 aromatic rings. The van der Waals surface area contributed by atoms with E-state index in [-0.39, 0.29) is 6.10 Å². The summed E-state index contributed by atoms with van der Waals surface area (Å²) in [6.45, 7) is 0. The number of nitrogens with one attached hydrogen (secondary N) is 1. The van der Waals surface area contributed by atoms with Crippen molar-refractivity contribution in [2.45, 2.75) is 18.9 Å². The number of nitrogens with two attached hydrogens (primary N) is 1. The summed E-state index contributed by atoms with van der Waals surface area (Å²) >= 11 is 5.86. The van der Waals surface area contributed by atoms with Gasteiger partial charge < -0.3 is 10.5 Å². The molecule has 6 heteroatoms. The van der Waals surface area contributed by atoms with Crippen LogP contribution in [0.1, 0.15) is 12.8 Å². The fraction of sp³-hybridized carbons (Fsp3) is 0.333. The van der Waals surface area contributed by atoms with Crippen LogP contribution in [0.5, 0.6) is 0 Å². The van der Waals surface area contributed by atoms with E-state index < -0.39 is 6.03 Å². The Hall–Kier alpha value is -1.75. The predicted octanol–water partition coefficient (Wildman–Crippen LogP) is 2.01. The Balaban J connectivity index is 1.82. The van der Waals surface area contributed by atoms with E-state index >= 15 is 0 Å². The molecule has 0 aromatic heterocycles. The van der Waals surface area contributed by atoms with Crippen LogP contribution in [0, 0.1) is 5.92 Å². The van der Waals surface area contributed by atoms with Crippen molar-refractivity contribution in [3.05, 3.63) is 35.1 Å². The Bertz CT molecular complexity index is 454. The van der Waals surface area contributed by atoms with E-state index in [1.165, 1.54) is 6.21 Å². The topological polar surface area (TPSA) is 76.7 Å². The quantitative estimate of drug-likeness (QED) is 0.606. The molecule has 0 aromatic carbocycles. The van der Waals surface area contributed by atoms with Crippen LogP contribution in [-0.2, 0) is 4.74 Å². The van der Waals surface area contributed by atoms with Gasteiger partial charge in [-0.1, -0.05) is 23.8 Å². The van der Waals surface area contributed by atoms with Crippen LogP contribution >= 0.6 is 11.6 Å². The van der Waals surface area contributed by atoms with Crippen molar-refractivity contribution in [1.29, 1.82) is 0 Å². The standard InChI is InChI=1S/C12H14ClN3O2/c13-9-3-1-8(2-4-9)11-6-5-10(18-11)7-15-16-12(14)17/h1,3-5,7-8,11H,2,6H2,(H3,14,16,17)/b15-7+. The molecule has 0 radical (unpaired) electrons. The number of carbonyl (C=O) groups is 1. The molecule has 18 heavy (non-hydrogen) atoms. The Kier molecular flexibility index (Phi) is 4.04. The Morgan fingerprint density at radius 3 is 3.06 bits per heavy atom. The first-order valence-electron chi connectivity index (χ1n) is 5.64. The van der Waals surface area contributed by atoms with Gasteiger partial charge in [0, 0.05) is 17.4 Å². The molecule has 96 valence electrons. The first kappa shape index (κ1) is 12.7. The van der Waals surface area contributed by atoms with Gasteiger partial charge in [0.25, 0.3) is 0 Å². The SMILES string of the molecule is NC(=O)N/N=C/C1=CCC(C2C=CC(Cl)=CC2)O1. The van der Waals surface area contributed by atoms with Crippen LogP contribution in [0.3, 0.4) is 0 Å². The smallest absolute Gasteiger partial charge is 0.332 e. The van der Waals surface area contributed by atoms with E-state index in [0.29, 0.717) is 11.7 Å². The van der Waals surface area contributed by atoms with Gasteiger partial charge in [0.2, 0.25) is 0 Å². The molecule has 2 aliphatic rings. The highest BCUT2D eigenvalue weighted by molar-refractivity contribution is 6.31. The van der Waals surface area contributed by atoms with Crippen molar-refractivity contribution in [1.82, 2.24) is 5.43 Å². The second kappa shape index (κ2) is 5.73. The number of primary amides is 1. The molecule has 1 heterocycles. The molecule has 0 spiro atoms. The van der Waals surface area contributed by atoms with Crippen LogP contribution in [0.15, 0.2) is 40.2 Å². The molecule has 2 atom stereocenters. The average molecular weight is 268 g/mol. The Labute approximate surface area is 110 Å². The van der Waals surface area contributed by atoms with Crippen LogP contribution in [0.4, 0.5) is 4.79 Å². The summed E-state index contributed by atoms with van der Waals surface area (Å²) in [6.07, 6.45) is 11.1. The van der Waals surface area contributed by atoms with Crippen molar-refractivity contribution >= 4 is 23.8 Å². The van der Waals surface area contributed by atoms with E-state index in [1.54, 1.807) is 0 Å². The third-order valence-electron chi connectivity index (χ3n) is 2.77. The van der Waals surface area contributed by atoms with E-state index in [0.717, 1.165) is 17.9 Å². The molecule has 0 saturated heterocycles. The number of amides is 2. The number of hydrogen-bond acceptors (Lipinski definition) is 3. The molecular formula is C12H14ClN3O2. The normalized spacial score (nSPS) is 26.7. The average Bonchev–Trinajstić information content (AvgIpc) is 2.78. The number of ether oxygens (including phenoxy) is 1. The molecule has 2 rings (SSSR count). The van der Waals surface area contributed by atoms with E-state index in [2.05, 4.69) is 16.6 Å². The first-order valence-corrected chi connectivity index (χ1v) is 6.02. The summed E-state index contributed by atoms with van der Waals surface area (Å²) in [7, 11) is 0. The monoisotopic (exact) mass is 267 g/mol. The van der Waals surface area contributed by atoms with Gasteiger partial charge in [0.15, 0.2) is 0 Å². The minimum Gasteiger partial charge on any atom is -0.488 e. The summed E-state index contributed by atoms with van der Waals surface area (Å²) in [5.41, 5.74) is 7.00. The van der Waals surface area contributed by atoms with Gasteiger partial charge in [-0.05, 0) is 18.6 Å². The highest BCUT2D eigenvalue weighted by atomic mass is 35.5. The third kappa shape index (κ3) is 3.37. The lowest BCUT2D eigenvalue weighted by Gasteiger charge is -2.21. The fourth-order valence-electron chi connectivity index (χ4n) is 1.89. The fourth-order valence-corrected chi connectivity index (χ4v) is 2.06. The third-order valence-corrected chi connectivity index (χ3v) is 3.05. The summed E-state index contributed by atoms with van der Waals surface area (Å²) < 4.78 is 5.71. The Morgan fingerprint density at radius 2 is 2.39 bits per heavy atom. The first-order chi connectivity index (χ1) is 8.65. The van der Waals surface area contributed by atoms with Crippen LogP contribution in [0.25, 0.3) is 0 Å². The maximum atomic E-state index is 10.4. The molecule has 0 saturated carbocycles. The Morgan fingerprint density at radius 1 is 1.56 bits per heavy atom. The maximum absolute atomic E-state index is 10.4. The summed E-state index contributed by atoms with van der Waals surface area (Å²) in [6, 6.07) is -0.698. The molecule has 2 amide bonds. The van der Waals surface area contributed by atoms with Gasteiger partial charge in [-0.2, -0.15) is 5.10 Å². The molecule has 1 aliphatic carbocycles. The molecule has 1 aliphatic heterocycles. The zero-order chi connectivity index (χ0) is 13.0. The molecule has 0 fully saturated rings. The van der Waals surface area contributed by atoms with Crippen LogP contribution in [0.2, 0.25) is 0 Å². The number of hydrogen-bond donors (Lipinski definition) is 2. The van der Waals surface area contributed by atoms with Gasteiger partial charge in [-0.3, -0.25) is 0 Å². The minimum atomic E-state index is -0.698. The van der Waals surface area contributed by atoms with Gasteiger partial charge in [0.1, 0.15) is 11.9 Å². The largest absolute Gasteiger partial charge is 0.488 e. The van der Waals surface area contributed by atoms with Crippen LogP contribution < -0.4 is 11.2 Å². The maximum Gasteiger partial charge on any atom is 0.332 e. The van der Waals surface area contributed by atoms with Gasteiger partial charge in [-0.25, -0.2) is 10.2 Å². The zero-order valence-electron chi connectivity index (χ0n) is 9.67. The van der Waals surface area contributed by atoms with Crippen molar-refractivity contribution in [2.24, 2.45) is 16.8 Å². The molecule has 3 N–H and O–H groups in total. The highest BCUT2D eigenvalue weighted by Crippen LogP contribution is 2.29. The second-order valence-electron chi connectivity index (χ2n) is 4.08. The number of nitrogens with zero attached hydrogens (tertiary/aromatic N) is 1. The van der Waals surface area contributed by atoms with Gasteiger partial charge in [0.05, 0.1) is 6.21 Å². The molecule has 5 nitrogen and oxygen atoms in total. The molecule has 0 bridgehead atoms. The van der Waals surface area contributed by atoms with Gasteiger partial charge in [-0.15, -0.1) is 0 Å². The zero-order valence-corrected chi connectivity index (χ0v) is 10.4.